The number of imidazole rings is 1. The van der Waals surface area contributed by atoms with Crippen LogP contribution in [0, 0.1) is 6.92 Å². The Morgan fingerprint density at radius 2 is 2.00 bits per heavy atom. The fraction of sp³-hybridized carbons (Fsp3) is 0.389. The number of aryl methyl sites for hydroxylation is 1. The topological polar surface area (TPSA) is 64.2 Å². The van der Waals surface area contributed by atoms with Gasteiger partial charge in [-0.1, -0.05) is 36.8 Å². The van der Waals surface area contributed by atoms with E-state index in [-0.39, 0.29) is 17.0 Å². The van der Waals surface area contributed by atoms with Gasteiger partial charge in [-0.2, -0.15) is 0 Å². The van der Waals surface area contributed by atoms with Gasteiger partial charge in [0.1, 0.15) is 5.82 Å². The van der Waals surface area contributed by atoms with Gasteiger partial charge in [0, 0.05) is 5.41 Å². The predicted molar refractivity (Wildman–Crippen MR) is 91.4 cm³/mol. The lowest BCUT2D eigenvalue weighted by molar-refractivity contribution is 0.640. The van der Waals surface area contributed by atoms with Crippen LogP contribution < -0.4 is 10.9 Å². The molecule has 0 bridgehead atoms. The molecular formula is C18H19N5O. The van der Waals surface area contributed by atoms with Gasteiger partial charge < -0.3 is 5.32 Å². The van der Waals surface area contributed by atoms with Gasteiger partial charge in [0.2, 0.25) is 5.95 Å². The van der Waals surface area contributed by atoms with Gasteiger partial charge in [-0.3, -0.25) is 9.36 Å². The number of nitrogens with one attached hydrogen (secondary N) is 1. The lowest BCUT2D eigenvalue weighted by Gasteiger charge is -2.10. The van der Waals surface area contributed by atoms with Gasteiger partial charge in [0.25, 0.3) is 5.56 Å². The summed E-state index contributed by atoms with van der Waals surface area (Å²) in [4.78, 5) is 17.3. The minimum absolute atomic E-state index is 0.0230. The van der Waals surface area contributed by atoms with E-state index in [1.165, 1.54) is 11.1 Å². The molecule has 2 aliphatic rings. The highest BCUT2D eigenvalue weighted by atomic mass is 16.1. The fourth-order valence-corrected chi connectivity index (χ4v) is 3.45. The van der Waals surface area contributed by atoms with E-state index >= 15 is 0 Å². The smallest absolute Gasteiger partial charge is 0.281 e. The summed E-state index contributed by atoms with van der Waals surface area (Å²) in [6.45, 7) is 4.85. The maximum atomic E-state index is 12.8. The maximum absolute atomic E-state index is 12.8. The van der Waals surface area contributed by atoms with Crippen molar-refractivity contribution in [3.05, 3.63) is 57.8 Å². The molecule has 1 aliphatic heterocycles. The number of rotatable bonds is 2. The molecule has 1 N–H and O–H groups in total. The predicted octanol–water partition coefficient (Wildman–Crippen LogP) is 2.42. The van der Waals surface area contributed by atoms with E-state index in [2.05, 4.69) is 53.5 Å². The summed E-state index contributed by atoms with van der Waals surface area (Å²) < 4.78 is 3.46. The summed E-state index contributed by atoms with van der Waals surface area (Å²) in [5.74, 6) is 1.53. The third-order valence-electron chi connectivity index (χ3n) is 5.34. The summed E-state index contributed by atoms with van der Waals surface area (Å²) in [5.41, 5.74) is 3.01. The standard InChI is InChI=1S/C18H19N5O/c1-11-3-5-12(6-4-11)13-10-22-15(24)14-9-19-16(18(2)7-8-18)23(14)21-17(22)20-13/h3-6,9,13H,7-8,10H2,1-2H3,(H,20,21)/t13-/m0/s1. The molecule has 0 saturated heterocycles. The van der Waals surface area contributed by atoms with E-state index in [0.717, 1.165) is 18.7 Å². The summed E-state index contributed by atoms with van der Waals surface area (Å²) in [6, 6.07) is 8.48. The largest absolute Gasteiger partial charge is 0.346 e. The van der Waals surface area contributed by atoms with Gasteiger partial charge in [-0.25, -0.2) is 9.50 Å². The highest BCUT2D eigenvalue weighted by Crippen LogP contribution is 2.46. The Hall–Kier alpha value is -2.63. The number of nitrogens with zero attached hydrogens (tertiary/aromatic N) is 4. The fourth-order valence-electron chi connectivity index (χ4n) is 3.45. The van der Waals surface area contributed by atoms with Crippen LogP contribution in [0.4, 0.5) is 5.95 Å². The highest BCUT2D eigenvalue weighted by molar-refractivity contribution is 5.49. The van der Waals surface area contributed by atoms with Crippen molar-refractivity contribution in [2.45, 2.75) is 44.7 Å². The van der Waals surface area contributed by atoms with Gasteiger partial charge in [0.15, 0.2) is 5.52 Å². The molecule has 0 unspecified atom stereocenters. The van der Waals surface area contributed by atoms with Crippen molar-refractivity contribution in [3.8, 4) is 0 Å². The Balaban J connectivity index is 1.60. The second-order valence-electron chi connectivity index (χ2n) is 7.29. The van der Waals surface area contributed by atoms with Crippen LogP contribution in [0.2, 0.25) is 0 Å². The van der Waals surface area contributed by atoms with E-state index in [1.54, 1.807) is 15.3 Å². The molecule has 6 heteroatoms. The van der Waals surface area contributed by atoms with E-state index in [1.807, 2.05) is 0 Å². The average Bonchev–Trinajstić information content (AvgIpc) is 3.00. The first kappa shape index (κ1) is 13.8. The Morgan fingerprint density at radius 1 is 1.25 bits per heavy atom. The van der Waals surface area contributed by atoms with Gasteiger partial charge in [-0.15, -0.1) is 5.10 Å². The van der Waals surface area contributed by atoms with E-state index in [9.17, 15) is 4.79 Å². The first-order valence-electron chi connectivity index (χ1n) is 8.37. The zero-order chi connectivity index (χ0) is 16.5. The molecule has 2 aromatic heterocycles. The first-order chi connectivity index (χ1) is 11.5. The molecule has 122 valence electrons. The van der Waals surface area contributed by atoms with Crippen LogP contribution in [-0.2, 0) is 12.0 Å². The summed E-state index contributed by atoms with van der Waals surface area (Å²) in [5, 5.41) is 8.08. The number of benzene rings is 1. The Bertz CT molecular complexity index is 1010. The quantitative estimate of drug-likeness (QED) is 0.787. The van der Waals surface area contributed by atoms with Crippen LogP contribution in [0.3, 0.4) is 0 Å². The van der Waals surface area contributed by atoms with Crippen LogP contribution in [0.15, 0.2) is 35.3 Å². The number of hydrogen-bond donors (Lipinski definition) is 1. The molecule has 1 saturated carbocycles. The minimum Gasteiger partial charge on any atom is -0.346 e. The molecule has 1 aromatic carbocycles. The molecule has 0 amide bonds. The summed E-state index contributed by atoms with van der Waals surface area (Å²) >= 11 is 0. The van der Waals surface area contributed by atoms with Crippen LogP contribution >= 0.6 is 0 Å². The van der Waals surface area contributed by atoms with Gasteiger partial charge in [-0.05, 0) is 25.3 Å². The van der Waals surface area contributed by atoms with Crippen molar-refractivity contribution in [2.24, 2.45) is 0 Å². The maximum Gasteiger partial charge on any atom is 0.281 e. The number of aromatic nitrogens is 4. The molecule has 0 radical (unpaired) electrons. The monoisotopic (exact) mass is 321 g/mol. The Labute approximate surface area is 139 Å². The first-order valence-corrected chi connectivity index (χ1v) is 8.37. The van der Waals surface area contributed by atoms with Crippen molar-refractivity contribution in [3.63, 3.8) is 0 Å². The number of anilines is 1. The molecule has 3 aromatic rings. The van der Waals surface area contributed by atoms with E-state index < -0.39 is 0 Å². The minimum atomic E-state index is -0.0230. The second-order valence-corrected chi connectivity index (χ2v) is 7.29. The van der Waals surface area contributed by atoms with Crippen molar-refractivity contribution >= 4 is 11.5 Å². The molecule has 5 rings (SSSR count). The summed E-state index contributed by atoms with van der Waals surface area (Å²) in [7, 11) is 0. The molecule has 6 nitrogen and oxygen atoms in total. The van der Waals surface area contributed by atoms with E-state index in [0.29, 0.717) is 18.0 Å². The van der Waals surface area contributed by atoms with Crippen LogP contribution in [0.1, 0.15) is 42.8 Å². The lowest BCUT2D eigenvalue weighted by atomic mass is 10.1. The van der Waals surface area contributed by atoms with Crippen molar-refractivity contribution < 1.29 is 0 Å². The normalized spacial score (nSPS) is 20.8. The third-order valence-corrected chi connectivity index (χ3v) is 5.34. The molecule has 1 aliphatic carbocycles. The Morgan fingerprint density at radius 3 is 2.71 bits per heavy atom. The van der Waals surface area contributed by atoms with E-state index in [4.69, 9.17) is 0 Å². The zero-order valence-corrected chi connectivity index (χ0v) is 13.8. The number of hydrogen-bond acceptors (Lipinski definition) is 4. The number of fused-ring (bicyclic) bond motifs is 2. The molecular weight excluding hydrogens is 302 g/mol. The van der Waals surface area contributed by atoms with Crippen LogP contribution in [0.5, 0.6) is 0 Å². The third kappa shape index (κ3) is 1.85. The molecule has 3 heterocycles. The summed E-state index contributed by atoms with van der Waals surface area (Å²) in [6.07, 6.45) is 3.87. The molecule has 1 fully saturated rings. The van der Waals surface area contributed by atoms with Crippen LogP contribution in [0.25, 0.3) is 5.52 Å². The average molecular weight is 321 g/mol. The van der Waals surface area contributed by atoms with Crippen molar-refractivity contribution in [1.82, 2.24) is 19.2 Å². The van der Waals surface area contributed by atoms with Crippen molar-refractivity contribution in [1.29, 1.82) is 0 Å². The molecule has 1 atom stereocenters. The highest BCUT2D eigenvalue weighted by Gasteiger charge is 2.43. The Kier molecular flexibility index (Phi) is 2.56. The second kappa shape index (κ2) is 4.47. The molecule has 24 heavy (non-hydrogen) atoms. The van der Waals surface area contributed by atoms with Gasteiger partial charge in [0.05, 0.1) is 18.8 Å². The SMILES string of the molecule is Cc1ccc([C@@H]2Cn3c(nn4c(C5(C)CC5)ncc4c3=O)N2)cc1. The van der Waals surface area contributed by atoms with Gasteiger partial charge >= 0.3 is 0 Å². The lowest BCUT2D eigenvalue weighted by Crippen LogP contribution is -2.23. The van der Waals surface area contributed by atoms with Crippen LogP contribution in [-0.4, -0.2) is 19.2 Å². The van der Waals surface area contributed by atoms with Crippen molar-refractivity contribution in [2.75, 3.05) is 5.32 Å². The zero-order valence-electron chi connectivity index (χ0n) is 13.8. The molecule has 0 spiro atoms.